The summed E-state index contributed by atoms with van der Waals surface area (Å²) in [6, 6.07) is 10.0. The van der Waals surface area contributed by atoms with Gasteiger partial charge in [-0.25, -0.2) is 4.39 Å². The van der Waals surface area contributed by atoms with Crippen LogP contribution in [-0.2, 0) is 0 Å². The van der Waals surface area contributed by atoms with Gasteiger partial charge in [0, 0.05) is 10.0 Å². The fraction of sp³-hybridized carbons (Fsp3) is 0.294. The van der Waals surface area contributed by atoms with E-state index in [9.17, 15) is 4.39 Å². The van der Waals surface area contributed by atoms with Gasteiger partial charge in [0.15, 0.2) is 0 Å². The first-order chi connectivity index (χ1) is 10.0. The molecule has 0 aliphatic rings. The van der Waals surface area contributed by atoms with Crippen molar-refractivity contribution in [1.82, 2.24) is 5.32 Å². The highest BCUT2D eigenvalue weighted by molar-refractivity contribution is 6.31. The van der Waals surface area contributed by atoms with Gasteiger partial charge in [0.2, 0.25) is 0 Å². The Balaban J connectivity index is 2.49. The van der Waals surface area contributed by atoms with Crippen molar-refractivity contribution in [1.29, 1.82) is 0 Å². The molecule has 1 N–H and O–H groups in total. The Morgan fingerprint density at radius 3 is 2.52 bits per heavy atom. The molecule has 0 fully saturated rings. The van der Waals surface area contributed by atoms with E-state index < -0.39 is 0 Å². The van der Waals surface area contributed by atoms with Crippen LogP contribution in [0, 0.1) is 12.7 Å². The van der Waals surface area contributed by atoms with Gasteiger partial charge in [0.05, 0.1) is 6.04 Å². The molecule has 1 nitrogen and oxygen atoms in total. The highest BCUT2D eigenvalue weighted by Crippen LogP contribution is 2.31. The van der Waals surface area contributed by atoms with Gasteiger partial charge in [-0.2, -0.15) is 0 Å². The van der Waals surface area contributed by atoms with Gasteiger partial charge in [0.25, 0.3) is 0 Å². The molecule has 21 heavy (non-hydrogen) atoms. The van der Waals surface area contributed by atoms with Gasteiger partial charge in [0.1, 0.15) is 5.82 Å². The maximum atomic E-state index is 13.6. The van der Waals surface area contributed by atoms with Crippen LogP contribution in [0.4, 0.5) is 4.39 Å². The van der Waals surface area contributed by atoms with Crippen molar-refractivity contribution in [3.05, 3.63) is 69.0 Å². The Kier molecular flexibility index (Phi) is 5.63. The molecule has 0 saturated heterocycles. The summed E-state index contributed by atoms with van der Waals surface area (Å²) in [6.07, 6.45) is 0.982. The maximum absolute atomic E-state index is 13.6. The number of hydrogen-bond acceptors (Lipinski definition) is 1. The number of benzene rings is 2. The van der Waals surface area contributed by atoms with Crippen molar-refractivity contribution in [3.63, 3.8) is 0 Å². The van der Waals surface area contributed by atoms with Crippen molar-refractivity contribution in [2.24, 2.45) is 0 Å². The Morgan fingerprint density at radius 2 is 1.86 bits per heavy atom. The summed E-state index contributed by atoms with van der Waals surface area (Å²) in [6.45, 7) is 4.90. The molecule has 0 heterocycles. The van der Waals surface area contributed by atoms with Gasteiger partial charge in [-0.05, 0) is 66.9 Å². The number of halogens is 3. The van der Waals surface area contributed by atoms with Gasteiger partial charge in [-0.3, -0.25) is 0 Å². The van der Waals surface area contributed by atoms with Crippen LogP contribution in [0.3, 0.4) is 0 Å². The zero-order chi connectivity index (χ0) is 15.4. The summed E-state index contributed by atoms with van der Waals surface area (Å²) < 4.78 is 13.6. The molecule has 0 bridgehead atoms. The molecule has 0 amide bonds. The lowest BCUT2D eigenvalue weighted by Gasteiger charge is -2.22. The molecule has 112 valence electrons. The molecule has 2 aromatic rings. The highest BCUT2D eigenvalue weighted by atomic mass is 35.5. The Bertz CT molecular complexity index is 628. The predicted octanol–water partition coefficient (Wildman–Crippen LogP) is 5.53. The van der Waals surface area contributed by atoms with Crippen molar-refractivity contribution in [2.45, 2.75) is 26.3 Å². The number of aryl methyl sites for hydroxylation is 1. The molecule has 0 aromatic heterocycles. The van der Waals surface area contributed by atoms with Crippen LogP contribution in [-0.4, -0.2) is 6.54 Å². The van der Waals surface area contributed by atoms with Gasteiger partial charge in [-0.1, -0.05) is 36.2 Å². The van der Waals surface area contributed by atoms with Gasteiger partial charge < -0.3 is 5.32 Å². The van der Waals surface area contributed by atoms with E-state index in [1.807, 2.05) is 25.1 Å². The van der Waals surface area contributed by atoms with Crippen LogP contribution in [0.15, 0.2) is 36.4 Å². The molecule has 0 spiro atoms. The zero-order valence-electron chi connectivity index (χ0n) is 12.1. The summed E-state index contributed by atoms with van der Waals surface area (Å²) >= 11 is 12.3. The molecule has 2 aromatic carbocycles. The summed E-state index contributed by atoms with van der Waals surface area (Å²) in [5.74, 6) is -0.288. The minimum absolute atomic E-state index is 0.148. The number of rotatable bonds is 5. The third-order valence-electron chi connectivity index (χ3n) is 3.41. The van der Waals surface area contributed by atoms with E-state index in [1.165, 1.54) is 12.1 Å². The lowest BCUT2D eigenvalue weighted by Crippen LogP contribution is -2.24. The Labute approximate surface area is 135 Å². The number of hydrogen-bond donors (Lipinski definition) is 1. The summed E-state index contributed by atoms with van der Waals surface area (Å²) in [5, 5.41) is 4.68. The molecule has 0 aliphatic carbocycles. The fourth-order valence-corrected chi connectivity index (χ4v) is 2.83. The first kappa shape index (κ1) is 16.3. The first-order valence-corrected chi connectivity index (χ1v) is 7.73. The van der Waals surface area contributed by atoms with Crippen LogP contribution < -0.4 is 5.32 Å². The largest absolute Gasteiger partial charge is 0.306 e. The fourth-order valence-electron chi connectivity index (χ4n) is 2.37. The topological polar surface area (TPSA) is 12.0 Å². The standard InChI is InChI=1S/C17H18Cl2FN/c1-3-8-21-17(14-6-4-12(18)9-11(14)2)15-10-13(20)5-7-16(15)19/h4-7,9-10,17,21H,3,8H2,1-2H3. The van der Waals surface area contributed by atoms with E-state index in [0.717, 1.165) is 29.7 Å². The van der Waals surface area contributed by atoms with E-state index in [0.29, 0.717) is 10.0 Å². The Morgan fingerprint density at radius 1 is 1.10 bits per heavy atom. The minimum atomic E-state index is -0.288. The molecular weight excluding hydrogens is 308 g/mol. The summed E-state index contributed by atoms with van der Waals surface area (Å²) in [4.78, 5) is 0. The predicted molar refractivity (Wildman–Crippen MR) is 87.7 cm³/mol. The van der Waals surface area contributed by atoms with E-state index in [-0.39, 0.29) is 11.9 Å². The average Bonchev–Trinajstić information content (AvgIpc) is 2.44. The zero-order valence-corrected chi connectivity index (χ0v) is 13.6. The normalized spacial score (nSPS) is 12.4. The second-order valence-corrected chi connectivity index (χ2v) is 5.90. The van der Waals surface area contributed by atoms with E-state index in [2.05, 4.69) is 12.2 Å². The minimum Gasteiger partial charge on any atom is -0.306 e. The smallest absolute Gasteiger partial charge is 0.123 e. The van der Waals surface area contributed by atoms with E-state index in [1.54, 1.807) is 6.07 Å². The monoisotopic (exact) mass is 325 g/mol. The van der Waals surface area contributed by atoms with E-state index in [4.69, 9.17) is 23.2 Å². The molecule has 1 atom stereocenters. The number of nitrogens with one attached hydrogen (secondary N) is 1. The van der Waals surface area contributed by atoms with Crippen LogP contribution in [0.5, 0.6) is 0 Å². The third-order valence-corrected chi connectivity index (χ3v) is 3.99. The van der Waals surface area contributed by atoms with Crippen LogP contribution in [0.1, 0.15) is 36.1 Å². The van der Waals surface area contributed by atoms with Crippen molar-refractivity contribution >= 4 is 23.2 Å². The van der Waals surface area contributed by atoms with Gasteiger partial charge >= 0.3 is 0 Å². The molecule has 0 saturated carbocycles. The van der Waals surface area contributed by atoms with Crippen molar-refractivity contribution in [3.8, 4) is 0 Å². The molecule has 1 unspecified atom stereocenters. The summed E-state index contributed by atoms with van der Waals surface area (Å²) in [7, 11) is 0. The third kappa shape index (κ3) is 3.97. The quantitative estimate of drug-likeness (QED) is 0.762. The highest BCUT2D eigenvalue weighted by Gasteiger charge is 2.19. The van der Waals surface area contributed by atoms with Crippen molar-refractivity contribution < 1.29 is 4.39 Å². The SMILES string of the molecule is CCCNC(c1ccc(Cl)cc1C)c1cc(F)ccc1Cl. The van der Waals surface area contributed by atoms with Gasteiger partial charge in [-0.15, -0.1) is 0 Å². The second kappa shape index (κ2) is 7.26. The average molecular weight is 326 g/mol. The van der Waals surface area contributed by atoms with E-state index >= 15 is 0 Å². The Hall–Kier alpha value is -1.09. The van der Waals surface area contributed by atoms with Crippen LogP contribution in [0.2, 0.25) is 10.0 Å². The lowest BCUT2D eigenvalue weighted by atomic mass is 9.94. The van der Waals surface area contributed by atoms with Crippen LogP contribution >= 0.6 is 23.2 Å². The molecule has 0 aliphatic heterocycles. The first-order valence-electron chi connectivity index (χ1n) is 6.97. The molecule has 0 radical (unpaired) electrons. The second-order valence-electron chi connectivity index (χ2n) is 5.05. The van der Waals surface area contributed by atoms with Crippen molar-refractivity contribution in [2.75, 3.05) is 6.54 Å². The lowest BCUT2D eigenvalue weighted by molar-refractivity contribution is 0.584. The molecule has 4 heteroatoms. The molecular formula is C17H18Cl2FN. The van der Waals surface area contributed by atoms with Crippen LogP contribution in [0.25, 0.3) is 0 Å². The summed E-state index contributed by atoms with van der Waals surface area (Å²) in [5.41, 5.74) is 2.85. The maximum Gasteiger partial charge on any atom is 0.123 e. The molecule has 2 rings (SSSR count).